The topological polar surface area (TPSA) is 387 Å². The van der Waals surface area contributed by atoms with Crippen LogP contribution in [0.5, 0.6) is 23.0 Å². The van der Waals surface area contributed by atoms with Gasteiger partial charge in [0.15, 0.2) is 17.3 Å². The van der Waals surface area contributed by atoms with E-state index in [1.54, 1.807) is 106 Å². The first-order valence-electron chi connectivity index (χ1n) is 21.3. The van der Waals surface area contributed by atoms with E-state index in [1.807, 2.05) is 0 Å². The Hall–Kier alpha value is -5.36. The number of carbonyl (C=O) groups excluding carboxylic acids is 4. The number of carbonyl (C=O) groups is 4. The molecular formula is C51H66Eu2N6O15. The monoisotopic (exact) mass is 1310 g/mol. The number of ether oxygens (including phenoxy) is 2. The molecule has 74 heavy (non-hydrogen) atoms. The number of anilines is 2. The van der Waals surface area contributed by atoms with E-state index in [9.17, 15) is 49.8 Å². The molecule has 0 fully saturated rings. The van der Waals surface area contributed by atoms with Crippen LogP contribution in [0.4, 0.5) is 11.4 Å². The molecule has 23 heteroatoms. The van der Waals surface area contributed by atoms with Crippen LogP contribution < -0.4 is 57.0 Å². The van der Waals surface area contributed by atoms with Gasteiger partial charge in [-0.15, -0.1) is 17.3 Å². The third-order valence-electron chi connectivity index (χ3n) is 6.79. The van der Waals surface area contributed by atoms with E-state index >= 15 is 0 Å². The number of para-hydroxylation sites is 4. The first kappa shape index (κ1) is 80.0. The number of benzene rings is 4. The minimum Gasteiger partial charge on any atom is -0.876 e. The third kappa shape index (κ3) is 44.2. The minimum absolute atomic E-state index is 0. The minimum atomic E-state index is -0.570. The van der Waals surface area contributed by atoms with Crippen LogP contribution in [0, 0.1) is 98.8 Å². The number of nitrogens with two attached hydrogens (primary N) is 2. The number of hydrogen-bond donors (Lipinski definition) is 6. The van der Waals surface area contributed by atoms with Gasteiger partial charge < -0.3 is 66.9 Å². The second kappa shape index (κ2) is 51.1. The van der Waals surface area contributed by atoms with Gasteiger partial charge in [-0.05, 0) is 101 Å². The molecular weight excluding hydrogens is 1240 g/mol. The summed E-state index contributed by atoms with van der Waals surface area (Å²) in [6.45, 7) is 13.9. The molecule has 4 rings (SSSR count). The van der Waals surface area contributed by atoms with Crippen molar-refractivity contribution in [3.63, 3.8) is 0 Å². The van der Waals surface area contributed by atoms with Crippen LogP contribution in [0.2, 0.25) is 0 Å². The number of allylic oxidation sites excluding steroid dienone is 6. The number of aliphatic hydroxyl groups is 3. The SMILES string of the molecule is CC(=O)/C=C(/C)[O-].CC(=O)/C=C(/C)[O-].CC(=O)/C=C(/C)[O-].CCO.CCO.CCO.COc1cccc(/C=N/N=C(\[O-])c2ccccc2N)c1[O-].COc1cccc(/C=N/NC(=O)c2ccccc2N)c1[O-].[Eu+3].[Eu+3]. The van der Waals surface area contributed by atoms with Crippen molar-refractivity contribution >= 4 is 53.0 Å². The number of rotatable bonds is 11. The Morgan fingerprint density at radius 1 is 0.554 bits per heavy atom. The molecule has 4 aromatic carbocycles. The van der Waals surface area contributed by atoms with Crippen molar-refractivity contribution < 1.29 is 173 Å². The molecule has 0 aliphatic rings. The van der Waals surface area contributed by atoms with Crippen molar-refractivity contribution in [2.24, 2.45) is 15.3 Å². The molecule has 0 unspecified atom stereocenters. The van der Waals surface area contributed by atoms with Crippen molar-refractivity contribution in [3.05, 3.63) is 143 Å². The molecule has 0 spiro atoms. The number of aliphatic hydroxyl groups excluding tert-OH is 3. The summed E-state index contributed by atoms with van der Waals surface area (Å²) in [6.07, 6.45) is 5.64. The number of amides is 1. The van der Waals surface area contributed by atoms with Crippen LogP contribution in [0.3, 0.4) is 0 Å². The van der Waals surface area contributed by atoms with Crippen LogP contribution in [-0.4, -0.2) is 90.9 Å². The summed E-state index contributed by atoms with van der Waals surface area (Å²) < 4.78 is 9.83. The molecule has 0 aliphatic carbocycles. The summed E-state index contributed by atoms with van der Waals surface area (Å²) in [7, 11) is 2.82. The van der Waals surface area contributed by atoms with Crippen molar-refractivity contribution in [1.82, 2.24) is 5.43 Å². The average Bonchev–Trinajstić information content (AvgIpc) is 3.28. The standard InChI is InChI=1S/2C15H15N3O3.3C5H8O2.3C2H6O.2Eu/c2*1-21-13-8-4-5-10(14(13)19)9-17-18-15(20)11-6-2-3-7-12(11)16;3*1-4(6)3-5(2)7;3*1-2-3;;/h2*2-9,19H,16H2,1H3,(H,18,20);3*3,6H,1-2H3;3*3H,2H2,1H3;;/q;;;;;;;;2*+3/p-6/b2*17-9+;3*4-3-;;;;;. The van der Waals surface area contributed by atoms with E-state index in [2.05, 4.69) is 20.7 Å². The van der Waals surface area contributed by atoms with Gasteiger partial charge in [-0.25, -0.2) is 5.43 Å². The maximum Gasteiger partial charge on any atom is 3.00 e. The Labute approximate surface area is 514 Å². The van der Waals surface area contributed by atoms with Crippen molar-refractivity contribution in [1.29, 1.82) is 0 Å². The van der Waals surface area contributed by atoms with Gasteiger partial charge in [0.05, 0.1) is 32.2 Å². The van der Waals surface area contributed by atoms with Gasteiger partial charge in [-0.2, -0.15) is 15.3 Å². The summed E-state index contributed by atoms with van der Waals surface area (Å²) in [5.41, 5.74) is 15.5. The third-order valence-corrected chi connectivity index (χ3v) is 6.79. The first-order chi connectivity index (χ1) is 33.9. The zero-order chi connectivity index (χ0) is 56.2. The molecule has 21 nitrogen and oxygen atoms in total. The molecule has 0 heterocycles. The molecule has 404 valence electrons. The van der Waals surface area contributed by atoms with Crippen LogP contribution >= 0.6 is 0 Å². The van der Waals surface area contributed by atoms with E-state index in [0.29, 0.717) is 22.5 Å². The van der Waals surface area contributed by atoms with Gasteiger partial charge in [0.25, 0.3) is 5.91 Å². The van der Waals surface area contributed by atoms with E-state index in [0.717, 1.165) is 18.2 Å². The summed E-state index contributed by atoms with van der Waals surface area (Å²) in [5, 5.41) is 99.0. The second-order valence-corrected chi connectivity index (χ2v) is 13.3. The van der Waals surface area contributed by atoms with Gasteiger partial charge in [0.1, 0.15) is 11.5 Å². The van der Waals surface area contributed by atoms with Crippen molar-refractivity contribution in [2.45, 2.75) is 62.3 Å². The Morgan fingerprint density at radius 2 is 0.878 bits per heavy atom. The van der Waals surface area contributed by atoms with E-state index in [4.69, 9.17) is 36.3 Å². The fourth-order valence-electron chi connectivity index (χ4n) is 4.26. The van der Waals surface area contributed by atoms with Gasteiger partial charge >= 0.3 is 98.8 Å². The van der Waals surface area contributed by atoms with Crippen LogP contribution in [-0.2, 0) is 14.4 Å². The van der Waals surface area contributed by atoms with Gasteiger partial charge in [-0.3, -0.25) is 19.2 Å². The van der Waals surface area contributed by atoms with Gasteiger partial charge in [-0.1, -0.05) is 86.9 Å². The summed E-state index contributed by atoms with van der Waals surface area (Å²) >= 11 is 0. The van der Waals surface area contributed by atoms with E-state index < -0.39 is 11.8 Å². The Morgan fingerprint density at radius 3 is 1.18 bits per heavy atom. The largest absolute Gasteiger partial charge is 3.00 e. The zero-order valence-electron chi connectivity index (χ0n) is 43.1. The number of nitrogens with one attached hydrogen (secondary N) is 1. The maximum atomic E-state index is 11.9. The number of nitrogens with zero attached hydrogens (tertiary/aromatic N) is 3. The fraction of sp³-hybridized carbons (Fsp3) is 0.275. The predicted molar refractivity (Wildman–Crippen MR) is 267 cm³/mol. The average molecular weight is 1310 g/mol. The summed E-state index contributed by atoms with van der Waals surface area (Å²) in [6, 6.07) is 22.8. The molecule has 4 aromatic rings. The molecule has 0 aromatic heterocycles. The quantitative estimate of drug-likeness (QED) is 0.0306. The Balaban J connectivity index is -0.000000201. The van der Waals surface area contributed by atoms with E-state index in [1.165, 1.54) is 68.2 Å². The predicted octanol–water partition coefficient (Wildman–Crippen LogP) is 1.12. The molecule has 0 radical (unpaired) electrons. The van der Waals surface area contributed by atoms with Gasteiger partial charge in [0.2, 0.25) is 0 Å². The Kier molecular flexibility index (Phi) is 55.3. The van der Waals surface area contributed by atoms with Crippen LogP contribution in [0.1, 0.15) is 89.4 Å². The van der Waals surface area contributed by atoms with Gasteiger partial charge in [0, 0.05) is 42.7 Å². The van der Waals surface area contributed by atoms with Crippen LogP contribution in [0.15, 0.2) is 136 Å². The molecule has 0 saturated heterocycles. The normalized spacial score (nSPS) is 10.3. The fourth-order valence-corrected chi connectivity index (χ4v) is 4.26. The zero-order valence-corrected chi connectivity index (χ0v) is 47.9. The number of ketones is 3. The summed E-state index contributed by atoms with van der Waals surface area (Å²) in [4.78, 5) is 41.8. The summed E-state index contributed by atoms with van der Waals surface area (Å²) in [5.74, 6) is -2.32. The molecule has 0 saturated carbocycles. The second-order valence-electron chi connectivity index (χ2n) is 13.3. The number of nitrogen functional groups attached to an aromatic ring is 2. The number of hydrogen-bond acceptors (Lipinski definition) is 20. The molecule has 0 atom stereocenters. The first-order valence-corrected chi connectivity index (χ1v) is 21.3. The molecule has 1 amide bonds. The van der Waals surface area contributed by atoms with E-state index in [-0.39, 0.29) is 187 Å². The Bertz CT molecular complexity index is 2330. The molecule has 8 N–H and O–H groups in total. The van der Waals surface area contributed by atoms with Crippen LogP contribution in [0.25, 0.3) is 0 Å². The smallest absolute Gasteiger partial charge is 0.876 e. The maximum absolute atomic E-state index is 11.9. The van der Waals surface area contributed by atoms with Crippen molar-refractivity contribution in [2.75, 3.05) is 45.5 Å². The molecule has 0 aliphatic heterocycles. The number of methoxy groups -OCH3 is 2. The number of hydrazone groups is 1. The van der Waals surface area contributed by atoms with Crippen molar-refractivity contribution in [3.8, 4) is 23.0 Å². The molecule has 0 bridgehead atoms.